The van der Waals surface area contributed by atoms with E-state index in [4.69, 9.17) is 16.3 Å². The summed E-state index contributed by atoms with van der Waals surface area (Å²) in [7, 11) is 0. The molecule has 3 nitrogen and oxygen atoms in total. The van der Waals surface area contributed by atoms with Gasteiger partial charge < -0.3 is 10.1 Å². The summed E-state index contributed by atoms with van der Waals surface area (Å²) in [4.78, 5) is 11.3. The topological polar surface area (TPSA) is 38.3 Å². The van der Waals surface area contributed by atoms with E-state index in [1.165, 1.54) is 6.92 Å². The maximum Gasteiger partial charge on any atom is 0.161 e. The number of ether oxygens (including phenoxy) is 1. The Balaban J connectivity index is 0.00000220. The first-order valence-electron chi connectivity index (χ1n) is 6.39. The molecule has 0 amide bonds. The third kappa shape index (κ3) is 5.12. The van der Waals surface area contributed by atoms with Gasteiger partial charge in [0.25, 0.3) is 0 Å². The van der Waals surface area contributed by atoms with Gasteiger partial charge in [-0.3, -0.25) is 4.79 Å². The molecule has 0 bridgehead atoms. The number of hydrogen-bond acceptors (Lipinski definition) is 3. The number of halogens is 1. The van der Waals surface area contributed by atoms with Crippen molar-refractivity contribution in [2.45, 2.75) is 14.4 Å². The third-order valence-electron chi connectivity index (χ3n) is 2.79. The zero-order valence-corrected chi connectivity index (χ0v) is 12.0. The number of anilines is 1. The highest BCUT2D eigenvalue weighted by Crippen LogP contribution is 2.21. The third-order valence-corrected chi connectivity index (χ3v) is 3.10. The highest BCUT2D eigenvalue weighted by atomic mass is 35.5. The molecule has 0 heterocycles. The molecule has 0 aromatic heterocycles. The lowest BCUT2D eigenvalue weighted by Crippen LogP contribution is -2.11. The Labute approximate surface area is 130 Å². The fourth-order valence-corrected chi connectivity index (χ4v) is 2.11. The average Bonchev–Trinajstić information content (AvgIpc) is 2.44. The van der Waals surface area contributed by atoms with Gasteiger partial charge in [-0.1, -0.05) is 37.2 Å². The van der Waals surface area contributed by atoms with Crippen LogP contribution in [0.25, 0.3) is 0 Å². The minimum atomic E-state index is -0.0334. The molecule has 0 radical (unpaired) electrons. The molecule has 4 heteroatoms. The van der Waals surface area contributed by atoms with Crippen LogP contribution in [0, 0.1) is 0 Å². The van der Waals surface area contributed by atoms with Crippen molar-refractivity contribution in [1.82, 2.24) is 0 Å². The highest BCUT2D eigenvalue weighted by Gasteiger charge is 2.05. The Morgan fingerprint density at radius 1 is 1.19 bits per heavy atom. The van der Waals surface area contributed by atoms with E-state index in [0.717, 1.165) is 11.4 Å². The van der Waals surface area contributed by atoms with Crippen LogP contribution in [-0.2, 0) is 0 Å². The number of para-hydroxylation sites is 1. The van der Waals surface area contributed by atoms with Crippen LogP contribution in [0.4, 0.5) is 5.69 Å². The quantitative estimate of drug-likeness (QED) is 0.622. The van der Waals surface area contributed by atoms with Gasteiger partial charge in [0.15, 0.2) is 5.78 Å². The summed E-state index contributed by atoms with van der Waals surface area (Å²) in [5.41, 5.74) is 1.41. The van der Waals surface area contributed by atoms with Crippen LogP contribution in [0.2, 0.25) is 5.02 Å². The average molecular weight is 306 g/mol. The molecule has 0 saturated heterocycles. The van der Waals surface area contributed by atoms with Crippen molar-refractivity contribution in [3.8, 4) is 5.75 Å². The summed E-state index contributed by atoms with van der Waals surface area (Å²) in [6, 6.07) is 15.0. The van der Waals surface area contributed by atoms with Crippen LogP contribution in [0.15, 0.2) is 48.5 Å². The standard InChI is InChI=1S/C16H16ClNO2.CH4/c1-12(19)15-8-7-13(11-16(15)17)18-9-10-20-14-5-3-2-4-6-14;/h2-8,11,18H,9-10H2,1H3;1H4. The molecule has 0 atom stereocenters. The molecule has 0 aliphatic heterocycles. The van der Waals surface area contributed by atoms with Crippen LogP contribution in [0.1, 0.15) is 24.7 Å². The lowest BCUT2D eigenvalue weighted by atomic mass is 10.1. The smallest absolute Gasteiger partial charge is 0.161 e. The normalized spacial score (nSPS) is 9.62. The van der Waals surface area contributed by atoms with Gasteiger partial charge in [-0.15, -0.1) is 0 Å². The molecule has 0 aliphatic rings. The summed E-state index contributed by atoms with van der Waals surface area (Å²) >= 11 is 6.04. The summed E-state index contributed by atoms with van der Waals surface area (Å²) < 4.78 is 5.57. The second kappa shape index (κ2) is 8.32. The Hall–Kier alpha value is -2.00. The molecule has 0 spiro atoms. The van der Waals surface area contributed by atoms with Gasteiger partial charge in [0, 0.05) is 17.8 Å². The highest BCUT2D eigenvalue weighted by molar-refractivity contribution is 6.34. The Morgan fingerprint density at radius 3 is 2.52 bits per heavy atom. The first-order chi connectivity index (χ1) is 9.66. The molecule has 112 valence electrons. The van der Waals surface area contributed by atoms with Crippen LogP contribution in [0.5, 0.6) is 5.75 Å². The zero-order chi connectivity index (χ0) is 14.4. The summed E-state index contributed by atoms with van der Waals surface area (Å²) in [5, 5.41) is 3.67. The van der Waals surface area contributed by atoms with Gasteiger partial charge in [-0.05, 0) is 37.3 Å². The van der Waals surface area contributed by atoms with Crippen molar-refractivity contribution < 1.29 is 9.53 Å². The van der Waals surface area contributed by atoms with Crippen LogP contribution < -0.4 is 10.1 Å². The van der Waals surface area contributed by atoms with Crippen molar-refractivity contribution in [2.75, 3.05) is 18.5 Å². The van der Waals surface area contributed by atoms with E-state index in [2.05, 4.69) is 5.32 Å². The number of ketones is 1. The molecule has 2 aromatic rings. The van der Waals surface area contributed by atoms with Gasteiger partial charge in [-0.2, -0.15) is 0 Å². The van der Waals surface area contributed by atoms with Gasteiger partial charge in [-0.25, -0.2) is 0 Å². The fourth-order valence-electron chi connectivity index (χ4n) is 1.79. The number of benzene rings is 2. The molecule has 0 unspecified atom stereocenters. The van der Waals surface area contributed by atoms with Crippen LogP contribution in [-0.4, -0.2) is 18.9 Å². The predicted molar refractivity (Wildman–Crippen MR) is 88.6 cm³/mol. The molecular formula is C17H20ClNO2. The number of nitrogens with one attached hydrogen (secondary N) is 1. The van der Waals surface area contributed by atoms with Crippen molar-refractivity contribution in [3.05, 3.63) is 59.1 Å². The van der Waals surface area contributed by atoms with E-state index in [1.807, 2.05) is 36.4 Å². The first kappa shape index (κ1) is 17.1. The zero-order valence-electron chi connectivity index (χ0n) is 11.2. The number of carbonyl (C=O) groups is 1. The van der Waals surface area contributed by atoms with Crippen molar-refractivity contribution in [3.63, 3.8) is 0 Å². The predicted octanol–water partition coefficient (Wildman–Crippen LogP) is 4.67. The summed E-state index contributed by atoms with van der Waals surface area (Å²) in [5.74, 6) is 0.813. The fraction of sp³-hybridized carbons (Fsp3) is 0.235. The molecule has 0 saturated carbocycles. The Morgan fingerprint density at radius 2 is 1.90 bits per heavy atom. The largest absolute Gasteiger partial charge is 0.492 e. The summed E-state index contributed by atoms with van der Waals surface area (Å²) in [6.07, 6.45) is 0. The summed E-state index contributed by atoms with van der Waals surface area (Å²) in [6.45, 7) is 2.71. The maximum atomic E-state index is 11.3. The van der Waals surface area contributed by atoms with Crippen LogP contribution in [0.3, 0.4) is 0 Å². The van der Waals surface area contributed by atoms with Crippen molar-refractivity contribution in [2.24, 2.45) is 0 Å². The van der Waals surface area contributed by atoms with Gasteiger partial charge in [0.05, 0.1) is 5.02 Å². The lowest BCUT2D eigenvalue weighted by Gasteiger charge is -2.09. The molecule has 0 fully saturated rings. The van der Waals surface area contributed by atoms with E-state index in [0.29, 0.717) is 23.7 Å². The molecule has 21 heavy (non-hydrogen) atoms. The van der Waals surface area contributed by atoms with Crippen molar-refractivity contribution in [1.29, 1.82) is 0 Å². The second-order valence-electron chi connectivity index (χ2n) is 4.34. The number of Topliss-reactive ketones (excluding diaryl/α,β-unsaturated/α-hetero) is 1. The van der Waals surface area contributed by atoms with Gasteiger partial charge in [0.2, 0.25) is 0 Å². The molecular weight excluding hydrogens is 286 g/mol. The first-order valence-corrected chi connectivity index (χ1v) is 6.77. The minimum Gasteiger partial charge on any atom is -0.492 e. The molecule has 1 N–H and O–H groups in total. The maximum absolute atomic E-state index is 11.3. The van der Waals surface area contributed by atoms with E-state index in [1.54, 1.807) is 12.1 Å². The number of carbonyl (C=O) groups excluding carboxylic acids is 1. The Bertz CT molecular complexity index is 585. The van der Waals surface area contributed by atoms with E-state index < -0.39 is 0 Å². The van der Waals surface area contributed by atoms with E-state index >= 15 is 0 Å². The monoisotopic (exact) mass is 305 g/mol. The van der Waals surface area contributed by atoms with E-state index in [9.17, 15) is 4.79 Å². The SMILES string of the molecule is C.CC(=O)c1ccc(NCCOc2ccccc2)cc1Cl. The molecule has 0 aliphatic carbocycles. The van der Waals surface area contributed by atoms with E-state index in [-0.39, 0.29) is 13.2 Å². The van der Waals surface area contributed by atoms with Crippen LogP contribution >= 0.6 is 11.6 Å². The number of hydrogen-bond donors (Lipinski definition) is 1. The molecule has 2 rings (SSSR count). The minimum absolute atomic E-state index is 0. The molecule has 2 aromatic carbocycles. The lowest BCUT2D eigenvalue weighted by molar-refractivity contribution is 0.101. The van der Waals surface area contributed by atoms with Gasteiger partial charge in [0.1, 0.15) is 12.4 Å². The van der Waals surface area contributed by atoms with Crippen molar-refractivity contribution >= 4 is 23.1 Å². The Kier molecular flexibility index (Phi) is 6.76. The second-order valence-corrected chi connectivity index (χ2v) is 4.75. The number of rotatable bonds is 6. The van der Waals surface area contributed by atoms with Gasteiger partial charge >= 0.3 is 0 Å².